The molecular weight excluding hydrogens is 246 g/mol. The van der Waals surface area contributed by atoms with Gasteiger partial charge in [-0.05, 0) is 18.5 Å². The molecular formula is C13H13N3O3. The van der Waals surface area contributed by atoms with Gasteiger partial charge in [0.15, 0.2) is 0 Å². The van der Waals surface area contributed by atoms with E-state index in [1.165, 1.54) is 0 Å². The van der Waals surface area contributed by atoms with E-state index < -0.39 is 78.0 Å². The van der Waals surface area contributed by atoms with Crippen molar-refractivity contribution in [1.29, 1.82) is 0 Å². The van der Waals surface area contributed by atoms with Gasteiger partial charge in [0.25, 0.3) is 5.91 Å². The van der Waals surface area contributed by atoms with Crippen LogP contribution in [0.5, 0.6) is 0 Å². The monoisotopic (exact) mass is 267 g/mol. The van der Waals surface area contributed by atoms with E-state index in [9.17, 15) is 14.4 Å². The summed E-state index contributed by atoms with van der Waals surface area (Å²) in [4.78, 5) is 36.7. The molecule has 0 saturated carbocycles. The highest BCUT2D eigenvalue weighted by molar-refractivity contribution is 6.06. The van der Waals surface area contributed by atoms with E-state index in [1.54, 1.807) is 5.32 Å². The number of carbonyl (C=O) groups excluding carboxylic acids is 3. The Bertz CT molecular complexity index is 934. The van der Waals surface area contributed by atoms with Gasteiger partial charge in [-0.15, -0.1) is 0 Å². The van der Waals surface area contributed by atoms with Gasteiger partial charge >= 0.3 is 0 Å². The highest BCUT2D eigenvalue weighted by atomic mass is 16.2. The highest BCUT2D eigenvalue weighted by Gasteiger charge is 2.39. The minimum Gasteiger partial charge on any atom is -0.398 e. The van der Waals surface area contributed by atoms with Crippen molar-refractivity contribution in [2.24, 2.45) is 0 Å². The Labute approximate surface area is 120 Å². The summed E-state index contributed by atoms with van der Waals surface area (Å²) in [7, 11) is 0. The lowest BCUT2D eigenvalue weighted by Gasteiger charge is -2.29. The molecule has 3 rings (SSSR count). The van der Waals surface area contributed by atoms with Crippen LogP contribution in [-0.2, 0) is 16.1 Å². The molecule has 2 heterocycles. The second kappa shape index (κ2) is 4.08. The second-order valence-corrected chi connectivity index (χ2v) is 3.87. The maximum Gasteiger partial charge on any atom is 0.255 e. The van der Waals surface area contributed by atoms with Crippen LogP contribution < -0.4 is 11.1 Å². The van der Waals surface area contributed by atoms with Crippen molar-refractivity contribution in [3.05, 3.63) is 29.3 Å². The van der Waals surface area contributed by atoms with Crippen molar-refractivity contribution in [2.75, 3.05) is 5.73 Å². The second-order valence-electron chi connectivity index (χ2n) is 3.87. The molecule has 0 aliphatic carbocycles. The first-order valence-electron chi connectivity index (χ1n) is 9.28. The van der Waals surface area contributed by atoms with Crippen molar-refractivity contribution >= 4 is 23.4 Å². The summed E-state index contributed by atoms with van der Waals surface area (Å²) in [6, 6.07) is -5.47. The molecule has 3 N–H and O–H groups in total. The first-order chi connectivity index (χ1) is 12.2. The van der Waals surface area contributed by atoms with Gasteiger partial charge in [0.2, 0.25) is 11.8 Å². The molecule has 98 valence electrons. The number of amides is 3. The lowest BCUT2D eigenvalue weighted by molar-refractivity contribution is -0.136. The lowest BCUT2D eigenvalue weighted by atomic mass is 10.0. The van der Waals surface area contributed by atoms with Gasteiger partial charge in [0.1, 0.15) is 6.02 Å². The van der Waals surface area contributed by atoms with Gasteiger partial charge in [-0.1, -0.05) is 6.04 Å². The van der Waals surface area contributed by atoms with Gasteiger partial charge in [-0.25, -0.2) is 0 Å². The number of hydrogen-bond acceptors (Lipinski definition) is 4. The third-order valence-electron chi connectivity index (χ3n) is 2.65. The normalized spacial score (nSPS) is 37.7. The topological polar surface area (TPSA) is 92.5 Å². The maximum absolute atomic E-state index is 12.9. The standard InChI is InChI=1S/C13H13N3O3/c14-9-3-1-2-7-8(9)6-16(13(7)19)10-4-5-11(17)15-12(10)18/h1-3,10H,4-6,14H2,(H,15,17,18)/t10-/m0/s1/i1D,2D,3D,4D2,6D2,10D. The van der Waals surface area contributed by atoms with Gasteiger partial charge < -0.3 is 10.6 Å². The number of nitrogens with one attached hydrogen (secondary N) is 1. The Morgan fingerprint density at radius 1 is 1.47 bits per heavy atom. The van der Waals surface area contributed by atoms with Crippen LogP contribution in [0.3, 0.4) is 0 Å². The van der Waals surface area contributed by atoms with Crippen LogP contribution in [0, 0.1) is 0 Å². The molecule has 0 unspecified atom stereocenters. The zero-order valence-electron chi connectivity index (χ0n) is 17.5. The van der Waals surface area contributed by atoms with E-state index in [4.69, 9.17) is 16.7 Å². The summed E-state index contributed by atoms with van der Waals surface area (Å²) in [6.45, 7) is -3.04. The van der Waals surface area contributed by atoms with Crippen molar-refractivity contribution in [3.8, 4) is 0 Å². The molecule has 0 aromatic heterocycles. The number of nitrogen functional groups attached to an aromatic ring is 1. The van der Waals surface area contributed by atoms with Crippen LogP contribution in [0.1, 0.15) is 39.7 Å². The van der Waals surface area contributed by atoms with E-state index in [0.29, 0.717) is 0 Å². The molecule has 1 fully saturated rings. The van der Waals surface area contributed by atoms with Crippen molar-refractivity contribution < 1.29 is 25.3 Å². The Balaban J connectivity index is 2.32. The number of imide groups is 1. The molecule has 0 bridgehead atoms. The fourth-order valence-electron chi connectivity index (χ4n) is 1.78. The number of piperidine rings is 1. The third-order valence-corrected chi connectivity index (χ3v) is 2.65. The molecule has 2 aliphatic heterocycles. The lowest BCUT2D eigenvalue weighted by Crippen LogP contribution is -2.52. The Morgan fingerprint density at radius 2 is 2.26 bits per heavy atom. The average molecular weight is 267 g/mol. The number of anilines is 1. The summed E-state index contributed by atoms with van der Waals surface area (Å²) in [5, 5.41) is 1.72. The van der Waals surface area contributed by atoms with Crippen molar-refractivity contribution in [3.63, 3.8) is 0 Å². The maximum atomic E-state index is 12.9. The summed E-state index contributed by atoms with van der Waals surface area (Å²) in [5.41, 5.74) is 3.67. The summed E-state index contributed by atoms with van der Waals surface area (Å²) in [6.07, 6.45) is -3.93. The zero-order chi connectivity index (χ0) is 20.7. The predicted molar refractivity (Wildman–Crippen MR) is 66.9 cm³/mol. The molecule has 6 heteroatoms. The highest BCUT2D eigenvalue weighted by Crippen LogP contribution is 2.30. The predicted octanol–water partition coefficient (Wildman–Crippen LogP) is 0.0298. The number of fused-ring (bicyclic) bond motifs is 1. The molecule has 19 heavy (non-hydrogen) atoms. The molecule has 0 spiro atoms. The molecule has 1 aromatic carbocycles. The molecule has 1 aromatic rings. The van der Waals surface area contributed by atoms with E-state index >= 15 is 0 Å². The number of nitrogens with zero attached hydrogens (tertiary/aromatic N) is 1. The summed E-state index contributed by atoms with van der Waals surface area (Å²) in [5.74, 6) is -3.97. The summed E-state index contributed by atoms with van der Waals surface area (Å²) >= 11 is 0. The molecule has 6 nitrogen and oxygen atoms in total. The molecule has 1 atom stereocenters. The van der Waals surface area contributed by atoms with E-state index in [0.717, 1.165) is 0 Å². The Hall–Kier alpha value is -2.37. The van der Waals surface area contributed by atoms with Crippen LogP contribution in [0.4, 0.5) is 5.69 Å². The SMILES string of the molecule is [2H]c1c([2H])c(N)c2c(c1[2H])C(=O)N([C@]1([2H])C(=O)NC(=O)CC1([2H])[2H])C2([2H])[2H]. The Morgan fingerprint density at radius 3 is 3.00 bits per heavy atom. The van der Waals surface area contributed by atoms with Gasteiger partial charge in [0.05, 0.1) is 8.22 Å². The van der Waals surface area contributed by atoms with Crippen molar-refractivity contribution in [1.82, 2.24) is 10.2 Å². The minimum atomic E-state index is -3.19. The van der Waals surface area contributed by atoms with E-state index in [2.05, 4.69) is 0 Å². The Kier molecular flexibility index (Phi) is 1.23. The third kappa shape index (κ3) is 1.76. The number of rotatable bonds is 1. The smallest absolute Gasteiger partial charge is 0.255 e. The molecule has 1 saturated heterocycles. The largest absolute Gasteiger partial charge is 0.398 e. The summed E-state index contributed by atoms with van der Waals surface area (Å²) < 4.78 is 64.1. The molecule has 3 amide bonds. The zero-order valence-corrected chi connectivity index (χ0v) is 9.46. The number of nitrogens with two attached hydrogens (primary N) is 1. The first kappa shape index (κ1) is 5.73. The minimum absolute atomic E-state index is 0.0142. The fraction of sp³-hybridized carbons (Fsp3) is 0.308. The number of benzene rings is 1. The van der Waals surface area contributed by atoms with Crippen LogP contribution in [0.25, 0.3) is 0 Å². The average Bonchev–Trinajstić information content (AvgIpc) is 2.74. The van der Waals surface area contributed by atoms with Crippen LogP contribution in [0.15, 0.2) is 18.1 Å². The molecule has 0 radical (unpaired) electrons. The number of hydrogen-bond donors (Lipinski definition) is 2. The van der Waals surface area contributed by atoms with Crippen LogP contribution >= 0.6 is 0 Å². The van der Waals surface area contributed by atoms with E-state index in [1.807, 2.05) is 0 Å². The van der Waals surface area contributed by atoms with Gasteiger partial charge in [-0.2, -0.15) is 0 Å². The van der Waals surface area contributed by atoms with E-state index in [-0.39, 0.29) is 4.90 Å². The fourth-order valence-corrected chi connectivity index (χ4v) is 1.78. The van der Waals surface area contributed by atoms with Crippen LogP contribution in [-0.4, -0.2) is 28.6 Å². The van der Waals surface area contributed by atoms with Crippen LogP contribution in [0.2, 0.25) is 0 Å². The quantitative estimate of drug-likeness (QED) is 0.554. The van der Waals surface area contributed by atoms with Gasteiger partial charge in [0, 0.05) is 32.5 Å². The number of carbonyl (C=O) groups is 3. The van der Waals surface area contributed by atoms with Crippen molar-refractivity contribution in [2.45, 2.75) is 25.3 Å². The molecule has 2 aliphatic rings. The first-order valence-corrected chi connectivity index (χ1v) is 5.28. The van der Waals surface area contributed by atoms with Gasteiger partial charge in [-0.3, -0.25) is 19.7 Å².